The van der Waals surface area contributed by atoms with Crippen molar-refractivity contribution in [3.8, 4) is 55.9 Å². The van der Waals surface area contributed by atoms with Gasteiger partial charge in [0.25, 0.3) is 0 Å². The van der Waals surface area contributed by atoms with Crippen molar-refractivity contribution in [2.45, 2.75) is 0 Å². The molecule has 10 rings (SSSR count). The Hall–Kier alpha value is -6.50. The maximum absolute atomic E-state index is 6.48. The van der Waals surface area contributed by atoms with Gasteiger partial charge in [-0.25, -0.2) is 19.9 Å². The highest BCUT2D eigenvalue weighted by atomic mass is 32.1. The monoisotopic (exact) mass is 658 g/mol. The highest BCUT2D eigenvalue weighted by Gasteiger charge is 2.23. The molecule has 0 aliphatic carbocycles. The summed E-state index contributed by atoms with van der Waals surface area (Å²) >= 11 is 1.66. The summed E-state index contributed by atoms with van der Waals surface area (Å²) in [5.41, 5.74) is 8.42. The minimum Gasteiger partial charge on any atom is -0.456 e. The first-order chi connectivity index (χ1) is 24.7. The lowest BCUT2D eigenvalue weighted by atomic mass is 10.0. The molecule has 0 unspecified atom stereocenters. The predicted molar refractivity (Wildman–Crippen MR) is 205 cm³/mol. The van der Waals surface area contributed by atoms with E-state index >= 15 is 0 Å². The van der Waals surface area contributed by atoms with Gasteiger partial charge in [-0.2, -0.15) is 0 Å². The van der Waals surface area contributed by atoms with E-state index in [1.165, 1.54) is 10.8 Å². The zero-order valence-corrected chi connectivity index (χ0v) is 27.4. The third-order valence-electron chi connectivity index (χ3n) is 9.14. The minimum absolute atomic E-state index is 0.579. The minimum atomic E-state index is 0.579. The molecule has 0 spiro atoms. The molecule has 6 heteroatoms. The summed E-state index contributed by atoms with van der Waals surface area (Å²) in [7, 11) is 0. The number of rotatable bonds is 5. The molecular formula is C44H26N4OS. The fourth-order valence-electron chi connectivity index (χ4n) is 6.73. The second kappa shape index (κ2) is 11.6. The van der Waals surface area contributed by atoms with Crippen molar-refractivity contribution in [3.05, 3.63) is 158 Å². The Labute approximate surface area is 291 Å². The van der Waals surface area contributed by atoms with Crippen molar-refractivity contribution in [2.75, 3.05) is 0 Å². The molecule has 0 aliphatic heterocycles. The van der Waals surface area contributed by atoms with Crippen molar-refractivity contribution in [2.24, 2.45) is 0 Å². The number of hydrogen-bond donors (Lipinski definition) is 0. The van der Waals surface area contributed by atoms with Crippen molar-refractivity contribution >= 4 is 54.3 Å². The van der Waals surface area contributed by atoms with Crippen molar-refractivity contribution in [1.82, 2.24) is 19.9 Å². The molecule has 0 aliphatic rings. The summed E-state index contributed by atoms with van der Waals surface area (Å²) in [6.07, 6.45) is 0. The number of benzene rings is 7. The van der Waals surface area contributed by atoms with E-state index in [9.17, 15) is 0 Å². The van der Waals surface area contributed by atoms with E-state index in [2.05, 4.69) is 103 Å². The van der Waals surface area contributed by atoms with E-state index in [1.54, 1.807) is 11.3 Å². The standard InChI is InChI=1S/C44H26N4OS/c1-3-12-27(13-4-1)31-18-11-19-32(24-31)42-46-41(29-15-5-2-6-16-29)47-43(48-42)39-38-34-20-9-10-21-36(34)49-37(38)26-35-40(39)50-44(45-35)33-23-22-28-14-7-8-17-30(28)25-33/h1-26H. The van der Waals surface area contributed by atoms with Crippen LogP contribution < -0.4 is 0 Å². The van der Waals surface area contributed by atoms with E-state index in [0.29, 0.717) is 17.5 Å². The molecule has 0 atom stereocenters. The smallest absolute Gasteiger partial charge is 0.166 e. The lowest BCUT2D eigenvalue weighted by Gasteiger charge is -2.11. The first-order valence-electron chi connectivity index (χ1n) is 16.5. The molecule has 50 heavy (non-hydrogen) atoms. The summed E-state index contributed by atoms with van der Waals surface area (Å²) in [6, 6.07) is 54.0. The van der Waals surface area contributed by atoms with Crippen LogP contribution in [0.25, 0.3) is 98.8 Å². The van der Waals surface area contributed by atoms with Crippen LogP contribution in [0.1, 0.15) is 0 Å². The maximum Gasteiger partial charge on any atom is 0.166 e. The fraction of sp³-hybridized carbons (Fsp3) is 0. The first-order valence-corrected chi connectivity index (χ1v) is 17.3. The van der Waals surface area contributed by atoms with E-state index < -0.39 is 0 Å². The molecule has 3 heterocycles. The van der Waals surface area contributed by atoms with Crippen LogP contribution >= 0.6 is 11.3 Å². The van der Waals surface area contributed by atoms with Crippen LogP contribution in [0.4, 0.5) is 0 Å². The third kappa shape index (κ3) is 4.85. The first kappa shape index (κ1) is 28.5. The second-order valence-electron chi connectivity index (χ2n) is 12.3. The number of fused-ring (bicyclic) bond motifs is 5. The van der Waals surface area contributed by atoms with E-state index in [1.807, 2.05) is 54.6 Å². The van der Waals surface area contributed by atoms with Gasteiger partial charge in [-0.1, -0.05) is 133 Å². The van der Waals surface area contributed by atoms with Crippen LogP contribution in [0.3, 0.4) is 0 Å². The van der Waals surface area contributed by atoms with Crippen LogP contribution in [0.5, 0.6) is 0 Å². The summed E-state index contributed by atoms with van der Waals surface area (Å²) in [6.45, 7) is 0. The number of thiazole rings is 1. The molecule has 3 aromatic heterocycles. The summed E-state index contributed by atoms with van der Waals surface area (Å²) in [5.74, 6) is 1.78. The van der Waals surface area contributed by atoms with Gasteiger partial charge in [0.2, 0.25) is 0 Å². The average molecular weight is 659 g/mol. The Morgan fingerprint density at radius 2 is 1.08 bits per heavy atom. The highest BCUT2D eigenvalue weighted by molar-refractivity contribution is 7.22. The number of hydrogen-bond acceptors (Lipinski definition) is 6. The van der Waals surface area contributed by atoms with E-state index in [-0.39, 0.29) is 0 Å². The third-order valence-corrected chi connectivity index (χ3v) is 10.3. The average Bonchev–Trinajstić information content (AvgIpc) is 3.79. The molecule has 234 valence electrons. The lowest BCUT2D eigenvalue weighted by Crippen LogP contribution is -2.00. The lowest BCUT2D eigenvalue weighted by molar-refractivity contribution is 0.669. The normalized spacial score (nSPS) is 11.6. The molecule has 0 bridgehead atoms. The zero-order chi connectivity index (χ0) is 33.0. The van der Waals surface area contributed by atoms with Gasteiger partial charge in [0, 0.05) is 33.5 Å². The van der Waals surface area contributed by atoms with E-state index in [0.717, 1.165) is 70.5 Å². The molecule has 7 aromatic carbocycles. The molecule has 5 nitrogen and oxygen atoms in total. The van der Waals surface area contributed by atoms with Crippen LogP contribution in [0.15, 0.2) is 162 Å². The molecule has 0 saturated carbocycles. The second-order valence-corrected chi connectivity index (χ2v) is 13.3. The van der Waals surface area contributed by atoms with Gasteiger partial charge in [0.1, 0.15) is 16.2 Å². The van der Waals surface area contributed by atoms with Gasteiger partial charge in [0.05, 0.1) is 15.8 Å². The van der Waals surface area contributed by atoms with Crippen molar-refractivity contribution < 1.29 is 4.42 Å². The molecular weight excluding hydrogens is 633 g/mol. The number of aromatic nitrogens is 4. The molecule has 10 aromatic rings. The SMILES string of the molecule is c1ccc(-c2cccc(-c3nc(-c4ccccc4)nc(-c4c5sc(-c6ccc7ccccc7c6)nc5cc5oc6ccccc6c45)n3)c2)cc1. The summed E-state index contributed by atoms with van der Waals surface area (Å²) in [4.78, 5) is 20.7. The Morgan fingerprint density at radius 1 is 0.420 bits per heavy atom. The van der Waals surface area contributed by atoms with Gasteiger partial charge in [-0.15, -0.1) is 11.3 Å². The van der Waals surface area contributed by atoms with Crippen LogP contribution in [0.2, 0.25) is 0 Å². The number of para-hydroxylation sites is 1. The number of nitrogens with zero attached hydrogens (tertiary/aromatic N) is 4. The number of furan rings is 1. The molecule has 0 fully saturated rings. The van der Waals surface area contributed by atoms with Gasteiger partial charge in [-0.3, -0.25) is 0 Å². The molecule has 0 saturated heterocycles. The van der Waals surface area contributed by atoms with Crippen LogP contribution in [-0.4, -0.2) is 19.9 Å². The quantitative estimate of drug-likeness (QED) is 0.184. The Morgan fingerprint density at radius 3 is 1.92 bits per heavy atom. The van der Waals surface area contributed by atoms with Gasteiger partial charge < -0.3 is 4.42 Å². The predicted octanol–water partition coefficient (Wildman–Crippen LogP) is 11.9. The summed E-state index contributed by atoms with van der Waals surface area (Å²) < 4.78 is 7.48. The molecule has 0 radical (unpaired) electrons. The largest absolute Gasteiger partial charge is 0.456 e. The van der Waals surface area contributed by atoms with Crippen LogP contribution in [-0.2, 0) is 0 Å². The fourth-order valence-corrected chi connectivity index (χ4v) is 7.82. The van der Waals surface area contributed by atoms with Gasteiger partial charge >= 0.3 is 0 Å². The molecule has 0 N–H and O–H groups in total. The Bertz CT molecular complexity index is 2880. The van der Waals surface area contributed by atoms with Crippen molar-refractivity contribution in [1.29, 1.82) is 0 Å². The zero-order valence-electron chi connectivity index (χ0n) is 26.6. The maximum atomic E-state index is 6.48. The van der Waals surface area contributed by atoms with Crippen LogP contribution in [0, 0.1) is 0 Å². The van der Waals surface area contributed by atoms with Gasteiger partial charge in [-0.05, 0) is 40.1 Å². The van der Waals surface area contributed by atoms with E-state index in [4.69, 9.17) is 24.4 Å². The Balaban J connectivity index is 1.26. The summed E-state index contributed by atoms with van der Waals surface area (Å²) in [5, 5.41) is 5.28. The van der Waals surface area contributed by atoms with Gasteiger partial charge in [0.15, 0.2) is 17.5 Å². The highest BCUT2D eigenvalue weighted by Crippen LogP contribution is 2.45. The topological polar surface area (TPSA) is 64.7 Å². The Kier molecular flexibility index (Phi) is 6.60. The van der Waals surface area contributed by atoms with Crippen molar-refractivity contribution in [3.63, 3.8) is 0 Å². The molecule has 0 amide bonds.